The Bertz CT molecular complexity index is 704. The lowest BCUT2D eigenvalue weighted by Gasteiger charge is -2.19. The van der Waals surface area contributed by atoms with Crippen molar-refractivity contribution in [1.29, 1.82) is 0 Å². The van der Waals surface area contributed by atoms with Crippen molar-refractivity contribution < 1.29 is 14.7 Å². The largest absolute Gasteiger partial charge is 0.481 e. The summed E-state index contributed by atoms with van der Waals surface area (Å²) in [5.41, 5.74) is 2.01. The molecule has 0 aliphatic rings. The molecule has 1 aromatic carbocycles. The molecule has 1 heterocycles. The van der Waals surface area contributed by atoms with E-state index in [9.17, 15) is 9.59 Å². The molecule has 2 N–H and O–H groups in total. The van der Waals surface area contributed by atoms with Crippen molar-refractivity contribution in [3.63, 3.8) is 0 Å². The fourth-order valence-electron chi connectivity index (χ4n) is 2.32. The molecule has 0 saturated carbocycles. The van der Waals surface area contributed by atoms with Gasteiger partial charge in [-0.1, -0.05) is 57.2 Å². The highest BCUT2D eigenvalue weighted by molar-refractivity contribution is 5.92. The molecule has 0 saturated heterocycles. The molecule has 2 aromatic rings. The number of aromatic nitrogens is 1. The zero-order valence-electron chi connectivity index (χ0n) is 14.1. The highest BCUT2D eigenvalue weighted by atomic mass is 16.4. The van der Waals surface area contributed by atoms with E-state index in [-0.39, 0.29) is 23.4 Å². The van der Waals surface area contributed by atoms with Gasteiger partial charge in [-0.05, 0) is 22.6 Å². The van der Waals surface area contributed by atoms with Crippen molar-refractivity contribution in [2.75, 3.05) is 0 Å². The first-order chi connectivity index (χ1) is 11.3. The van der Waals surface area contributed by atoms with Crippen molar-refractivity contribution in [1.82, 2.24) is 10.3 Å². The predicted octanol–water partition coefficient (Wildman–Crippen LogP) is 3.32. The molecule has 0 radical (unpaired) electrons. The number of rotatable bonds is 5. The van der Waals surface area contributed by atoms with Gasteiger partial charge >= 0.3 is 5.97 Å². The van der Waals surface area contributed by atoms with E-state index < -0.39 is 12.0 Å². The highest BCUT2D eigenvalue weighted by Gasteiger charge is 2.20. The lowest BCUT2D eigenvalue weighted by molar-refractivity contribution is -0.137. The number of aliphatic carboxylic acids is 1. The molecule has 1 amide bonds. The maximum atomic E-state index is 12.4. The van der Waals surface area contributed by atoms with Crippen molar-refractivity contribution in [3.05, 3.63) is 65.5 Å². The third-order valence-electron chi connectivity index (χ3n) is 3.75. The molecule has 5 nitrogen and oxygen atoms in total. The van der Waals surface area contributed by atoms with Gasteiger partial charge in [0.1, 0.15) is 5.69 Å². The van der Waals surface area contributed by atoms with Gasteiger partial charge in [-0.3, -0.25) is 14.6 Å². The monoisotopic (exact) mass is 326 g/mol. The molecular formula is C19H22N2O3. The van der Waals surface area contributed by atoms with E-state index in [0.29, 0.717) is 0 Å². The maximum absolute atomic E-state index is 12.4. The number of pyridine rings is 1. The van der Waals surface area contributed by atoms with Crippen LogP contribution < -0.4 is 5.32 Å². The first-order valence-electron chi connectivity index (χ1n) is 7.81. The van der Waals surface area contributed by atoms with Gasteiger partial charge in [-0.25, -0.2) is 0 Å². The van der Waals surface area contributed by atoms with Crippen LogP contribution in [-0.2, 0) is 10.2 Å². The second kappa shape index (κ2) is 7.25. The number of carbonyl (C=O) groups excluding carboxylic acids is 1. The van der Waals surface area contributed by atoms with Crippen LogP contribution in [0, 0.1) is 0 Å². The summed E-state index contributed by atoms with van der Waals surface area (Å²) in [6, 6.07) is 12.0. The molecule has 0 bridgehead atoms. The van der Waals surface area contributed by atoms with E-state index in [2.05, 4.69) is 31.1 Å². The molecule has 0 aliphatic heterocycles. The van der Waals surface area contributed by atoms with Crippen LogP contribution in [0.3, 0.4) is 0 Å². The Morgan fingerprint density at radius 3 is 2.29 bits per heavy atom. The van der Waals surface area contributed by atoms with E-state index in [1.807, 2.05) is 24.3 Å². The summed E-state index contributed by atoms with van der Waals surface area (Å²) in [7, 11) is 0. The quantitative estimate of drug-likeness (QED) is 0.883. The number of hydrogen-bond donors (Lipinski definition) is 2. The molecule has 24 heavy (non-hydrogen) atoms. The molecule has 5 heteroatoms. The Hall–Kier alpha value is -2.69. The van der Waals surface area contributed by atoms with E-state index in [0.717, 1.165) is 11.1 Å². The van der Waals surface area contributed by atoms with Gasteiger partial charge in [0.05, 0.1) is 12.5 Å². The van der Waals surface area contributed by atoms with Gasteiger partial charge in [0, 0.05) is 6.20 Å². The van der Waals surface area contributed by atoms with E-state index in [1.54, 1.807) is 24.4 Å². The van der Waals surface area contributed by atoms with Gasteiger partial charge in [0.15, 0.2) is 0 Å². The standard InChI is InChI=1S/C19H22N2O3/c1-19(2,3)14-9-10-15(20-12-14)18(24)21-16(11-17(22)23)13-7-5-4-6-8-13/h4-10,12,16H,11H2,1-3H3,(H,21,24)(H,22,23). The molecular weight excluding hydrogens is 304 g/mol. The van der Waals surface area contributed by atoms with E-state index in [1.165, 1.54) is 0 Å². The first-order valence-corrected chi connectivity index (χ1v) is 7.81. The normalized spacial score (nSPS) is 12.5. The van der Waals surface area contributed by atoms with Crippen LogP contribution in [0.5, 0.6) is 0 Å². The highest BCUT2D eigenvalue weighted by Crippen LogP contribution is 2.21. The zero-order chi connectivity index (χ0) is 17.7. The summed E-state index contributed by atoms with van der Waals surface area (Å²) in [5.74, 6) is -1.36. The Morgan fingerprint density at radius 1 is 1.12 bits per heavy atom. The second-order valence-electron chi connectivity index (χ2n) is 6.72. The zero-order valence-corrected chi connectivity index (χ0v) is 14.1. The lowest BCUT2D eigenvalue weighted by Crippen LogP contribution is -2.31. The van der Waals surface area contributed by atoms with E-state index in [4.69, 9.17) is 5.11 Å². The van der Waals surface area contributed by atoms with Gasteiger partial charge in [-0.2, -0.15) is 0 Å². The van der Waals surface area contributed by atoms with Crippen LogP contribution in [0.15, 0.2) is 48.7 Å². The van der Waals surface area contributed by atoms with Crippen LogP contribution in [0.25, 0.3) is 0 Å². The van der Waals surface area contributed by atoms with Crippen molar-refractivity contribution in [2.24, 2.45) is 0 Å². The topological polar surface area (TPSA) is 79.3 Å². The maximum Gasteiger partial charge on any atom is 0.305 e. The SMILES string of the molecule is CC(C)(C)c1ccc(C(=O)NC(CC(=O)O)c2ccccc2)nc1. The minimum absolute atomic E-state index is 0.0438. The summed E-state index contributed by atoms with van der Waals surface area (Å²) in [6.45, 7) is 6.21. The van der Waals surface area contributed by atoms with Crippen molar-refractivity contribution in [3.8, 4) is 0 Å². The molecule has 0 aliphatic carbocycles. The van der Waals surface area contributed by atoms with Crippen LogP contribution in [-0.4, -0.2) is 22.0 Å². The minimum atomic E-state index is -0.972. The first kappa shape index (κ1) is 17.7. The number of carboxylic acids is 1. The molecule has 2 rings (SSSR count). The number of hydrogen-bond acceptors (Lipinski definition) is 3. The number of nitrogens with one attached hydrogen (secondary N) is 1. The lowest BCUT2D eigenvalue weighted by atomic mass is 9.88. The molecule has 126 valence electrons. The molecule has 1 atom stereocenters. The van der Waals surface area contributed by atoms with Crippen LogP contribution in [0.1, 0.15) is 54.8 Å². The summed E-state index contributed by atoms with van der Waals surface area (Å²) >= 11 is 0. The van der Waals surface area contributed by atoms with Crippen molar-refractivity contribution >= 4 is 11.9 Å². The van der Waals surface area contributed by atoms with Gasteiger partial charge in [0.25, 0.3) is 5.91 Å². The Labute approximate surface area is 141 Å². The summed E-state index contributed by atoms with van der Waals surface area (Å²) in [5, 5.41) is 11.8. The smallest absolute Gasteiger partial charge is 0.305 e. The van der Waals surface area contributed by atoms with Crippen LogP contribution in [0.4, 0.5) is 0 Å². The van der Waals surface area contributed by atoms with Gasteiger partial charge in [0.2, 0.25) is 0 Å². The van der Waals surface area contributed by atoms with Crippen molar-refractivity contribution in [2.45, 2.75) is 38.6 Å². The fourth-order valence-corrected chi connectivity index (χ4v) is 2.32. The number of carboxylic acid groups (broad SMARTS) is 1. The van der Waals surface area contributed by atoms with Crippen LogP contribution in [0.2, 0.25) is 0 Å². The molecule has 1 aromatic heterocycles. The summed E-state index contributed by atoms with van der Waals surface area (Å²) < 4.78 is 0. The number of nitrogens with zero attached hydrogens (tertiary/aromatic N) is 1. The van der Waals surface area contributed by atoms with Gasteiger partial charge in [-0.15, -0.1) is 0 Å². The number of carbonyl (C=O) groups is 2. The Morgan fingerprint density at radius 2 is 1.79 bits per heavy atom. The minimum Gasteiger partial charge on any atom is -0.481 e. The third kappa shape index (κ3) is 4.65. The third-order valence-corrected chi connectivity index (χ3v) is 3.75. The van der Waals surface area contributed by atoms with Crippen LogP contribution >= 0.6 is 0 Å². The summed E-state index contributed by atoms with van der Waals surface area (Å²) in [6.07, 6.45) is 1.50. The number of amides is 1. The van der Waals surface area contributed by atoms with Gasteiger partial charge < -0.3 is 10.4 Å². The second-order valence-corrected chi connectivity index (χ2v) is 6.72. The Balaban J connectivity index is 2.17. The summed E-state index contributed by atoms with van der Waals surface area (Å²) in [4.78, 5) is 27.7. The Kier molecular flexibility index (Phi) is 5.34. The van der Waals surface area contributed by atoms with E-state index >= 15 is 0 Å². The fraction of sp³-hybridized carbons (Fsp3) is 0.316. The number of benzene rings is 1. The molecule has 0 spiro atoms. The molecule has 1 unspecified atom stereocenters. The average molecular weight is 326 g/mol. The average Bonchev–Trinajstić information content (AvgIpc) is 2.54. The predicted molar refractivity (Wildman–Crippen MR) is 91.8 cm³/mol. The molecule has 0 fully saturated rings.